The van der Waals surface area contributed by atoms with Gasteiger partial charge in [0.1, 0.15) is 4.90 Å². The highest BCUT2D eigenvalue weighted by atomic mass is 32.2. The maximum atomic E-state index is 12.6. The molecule has 1 amide bonds. The average Bonchev–Trinajstić information content (AvgIpc) is 2.54. The summed E-state index contributed by atoms with van der Waals surface area (Å²) in [6.07, 6.45) is 5.46. The maximum absolute atomic E-state index is 12.6. The number of carbonyl (C=O) groups excluding carboxylic acids is 1. The normalized spacial score (nSPS) is 16.2. The first kappa shape index (κ1) is 18.7. The highest BCUT2D eigenvalue weighted by Crippen LogP contribution is 2.27. The van der Waals surface area contributed by atoms with E-state index in [1.54, 1.807) is 31.1 Å². The van der Waals surface area contributed by atoms with Crippen LogP contribution in [0.25, 0.3) is 0 Å². The zero-order chi connectivity index (χ0) is 17.9. The summed E-state index contributed by atoms with van der Waals surface area (Å²) in [4.78, 5) is 14.4. The number of rotatable bonds is 5. The van der Waals surface area contributed by atoms with Crippen molar-refractivity contribution < 1.29 is 13.2 Å². The monoisotopic (exact) mass is 353 g/mol. The standard InChI is InChI=1S/C17H27N3O3S/c1-19(2)15-11-10-13(12-16(15)24(22,23)20(3)4)17(21)18-14-8-6-5-7-9-14/h10-12,14H,5-9H2,1-4H3,(H,18,21). The summed E-state index contributed by atoms with van der Waals surface area (Å²) < 4.78 is 26.3. The number of hydrogen-bond acceptors (Lipinski definition) is 4. The summed E-state index contributed by atoms with van der Waals surface area (Å²) in [6.45, 7) is 0. The molecule has 1 aromatic rings. The van der Waals surface area contributed by atoms with Gasteiger partial charge >= 0.3 is 0 Å². The number of anilines is 1. The Labute approximate surface area is 144 Å². The van der Waals surface area contributed by atoms with Crippen molar-refractivity contribution in [1.29, 1.82) is 0 Å². The summed E-state index contributed by atoms with van der Waals surface area (Å²) in [6, 6.07) is 5.03. The van der Waals surface area contributed by atoms with Crippen LogP contribution >= 0.6 is 0 Å². The van der Waals surface area contributed by atoms with Crippen LogP contribution in [0.15, 0.2) is 23.1 Å². The SMILES string of the molecule is CN(C)c1ccc(C(=O)NC2CCCCC2)cc1S(=O)(=O)N(C)C. The van der Waals surface area contributed by atoms with Gasteiger partial charge in [0.15, 0.2) is 0 Å². The summed E-state index contributed by atoms with van der Waals surface area (Å²) in [5, 5.41) is 3.03. The van der Waals surface area contributed by atoms with Crippen LogP contribution in [0.5, 0.6) is 0 Å². The third-order valence-electron chi connectivity index (χ3n) is 4.40. The number of nitrogens with one attached hydrogen (secondary N) is 1. The van der Waals surface area contributed by atoms with Crippen molar-refractivity contribution in [1.82, 2.24) is 9.62 Å². The van der Waals surface area contributed by atoms with Gasteiger partial charge in [-0.05, 0) is 31.0 Å². The molecule has 0 atom stereocenters. The number of hydrogen-bond donors (Lipinski definition) is 1. The Morgan fingerprint density at radius 1 is 1.08 bits per heavy atom. The van der Waals surface area contributed by atoms with E-state index in [-0.39, 0.29) is 16.8 Å². The predicted molar refractivity (Wildman–Crippen MR) is 96.0 cm³/mol. The van der Waals surface area contributed by atoms with E-state index in [4.69, 9.17) is 0 Å². The van der Waals surface area contributed by atoms with Crippen LogP contribution in [0.2, 0.25) is 0 Å². The van der Waals surface area contributed by atoms with Crippen molar-refractivity contribution in [3.05, 3.63) is 23.8 Å². The average molecular weight is 353 g/mol. The van der Waals surface area contributed by atoms with Gasteiger partial charge in [0.05, 0.1) is 5.69 Å². The van der Waals surface area contributed by atoms with Crippen LogP contribution in [0.3, 0.4) is 0 Å². The first-order chi connectivity index (χ1) is 11.2. The number of benzene rings is 1. The number of sulfonamides is 1. The molecule has 0 saturated heterocycles. The van der Waals surface area contributed by atoms with E-state index in [0.29, 0.717) is 11.3 Å². The molecule has 0 spiro atoms. The molecule has 1 fully saturated rings. The van der Waals surface area contributed by atoms with Crippen LogP contribution in [0.4, 0.5) is 5.69 Å². The quantitative estimate of drug-likeness (QED) is 0.880. The Hall–Kier alpha value is -1.60. The topological polar surface area (TPSA) is 69.7 Å². The Kier molecular flexibility index (Phi) is 5.87. The molecule has 1 aliphatic carbocycles. The second kappa shape index (κ2) is 7.53. The molecular weight excluding hydrogens is 326 g/mol. The highest BCUT2D eigenvalue weighted by molar-refractivity contribution is 7.89. The van der Waals surface area contributed by atoms with E-state index < -0.39 is 10.0 Å². The molecule has 2 rings (SSSR count). The fraction of sp³-hybridized carbons (Fsp3) is 0.588. The lowest BCUT2D eigenvalue weighted by molar-refractivity contribution is 0.0927. The molecule has 0 aromatic heterocycles. The van der Waals surface area contributed by atoms with Crippen molar-refractivity contribution in [2.75, 3.05) is 33.1 Å². The van der Waals surface area contributed by atoms with Crippen molar-refractivity contribution in [2.24, 2.45) is 0 Å². The van der Waals surface area contributed by atoms with Crippen molar-refractivity contribution in [2.45, 2.75) is 43.0 Å². The fourth-order valence-corrected chi connectivity index (χ4v) is 4.13. The van der Waals surface area contributed by atoms with E-state index in [1.807, 2.05) is 0 Å². The maximum Gasteiger partial charge on any atom is 0.251 e. The molecule has 0 aliphatic heterocycles. The zero-order valence-electron chi connectivity index (χ0n) is 14.9. The van der Waals surface area contributed by atoms with Crippen molar-refractivity contribution >= 4 is 21.6 Å². The van der Waals surface area contributed by atoms with Gasteiger partial charge in [0.2, 0.25) is 10.0 Å². The van der Waals surface area contributed by atoms with Crippen LogP contribution in [0, 0.1) is 0 Å². The van der Waals surface area contributed by atoms with Gasteiger partial charge in [0, 0.05) is 39.8 Å². The molecule has 1 N–H and O–H groups in total. The second-order valence-corrected chi connectivity index (χ2v) is 8.79. The third-order valence-corrected chi connectivity index (χ3v) is 6.25. The Morgan fingerprint density at radius 2 is 1.71 bits per heavy atom. The van der Waals surface area contributed by atoms with Gasteiger partial charge < -0.3 is 10.2 Å². The molecule has 0 heterocycles. The molecule has 24 heavy (non-hydrogen) atoms. The second-order valence-electron chi connectivity index (χ2n) is 6.67. The van der Waals surface area contributed by atoms with Gasteiger partial charge in [-0.15, -0.1) is 0 Å². The lowest BCUT2D eigenvalue weighted by Crippen LogP contribution is -2.36. The third kappa shape index (κ3) is 4.08. The van der Waals surface area contributed by atoms with Gasteiger partial charge in [-0.1, -0.05) is 19.3 Å². The number of amides is 1. The van der Waals surface area contributed by atoms with E-state index >= 15 is 0 Å². The van der Waals surface area contributed by atoms with Gasteiger partial charge in [-0.25, -0.2) is 12.7 Å². The van der Waals surface area contributed by atoms with E-state index in [9.17, 15) is 13.2 Å². The first-order valence-electron chi connectivity index (χ1n) is 8.28. The summed E-state index contributed by atoms with van der Waals surface area (Å²) in [5.74, 6) is -0.206. The van der Waals surface area contributed by atoms with Crippen LogP contribution in [0.1, 0.15) is 42.5 Å². The molecule has 134 valence electrons. The van der Waals surface area contributed by atoms with Crippen molar-refractivity contribution in [3.63, 3.8) is 0 Å². The van der Waals surface area contributed by atoms with Gasteiger partial charge in [-0.3, -0.25) is 4.79 Å². The molecular formula is C17H27N3O3S. The molecule has 6 nitrogen and oxygen atoms in total. The lowest BCUT2D eigenvalue weighted by atomic mass is 9.95. The fourth-order valence-electron chi connectivity index (χ4n) is 2.94. The molecule has 0 radical (unpaired) electrons. The molecule has 0 unspecified atom stereocenters. The molecule has 0 bridgehead atoms. The Morgan fingerprint density at radius 3 is 2.25 bits per heavy atom. The number of carbonyl (C=O) groups is 1. The van der Waals surface area contributed by atoms with Crippen molar-refractivity contribution in [3.8, 4) is 0 Å². The summed E-state index contributed by atoms with van der Waals surface area (Å²) in [5.41, 5.74) is 0.949. The molecule has 1 aliphatic rings. The predicted octanol–water partition coefficient (Wildman–Crippen LogP) is 2.07. The van der Waals surface area contributed by atoms with Crippen LogP contribution < -0.4 is 10.2 Å². The van der Waals surface area contributed by atoms with E-state index in [2.05, 4.69) is 5.32 Å². The van der Waals surface area contributed by atoms with Gasteiger partial charge in [-0.2, -0.15) is 0 Å². The minimum absolute atomic E-state index is 0.147. The largest absolute Gasteiger partial charge is 0.377 e. The summed E-state index contributed by atoms with van der Waals surface area (Å²) in [7, 11) is 2.92. The van der Waals surface area contributed by atoms with Gasteiger partial charge in [0.25, 0.3) is 5.91 Å². The molecule has 1 saturated carbocycles. The molecule has 1 aromatic carbocycles. The van der Waals surface area contributed by atoms with Crippen LogP contribution in [-0.4, -0.2) is 52.9 Å². The minimum atomic E-state index is -3.63. The minimum Gasteiger partial charge on any atom is -0.377 e. The number of nitrogens with zero attached hydrogens (tertiary/aromatic N) is 2. The first-order valence-corrected chi connectivity index (χ1v) is 9.72. The highest BCUT2D eigenvalue weighted by Gasteiger charge is 2.25. The summed E-state index contributed by atoms with van der Waals surface area (Å²) >= 11 is 0. The lowest BCUT2D eigenvalue weighted by Gasteiger charge is -2.24. The molecule has 7 heteroatoms. The Bertz CT molecular complexity index is 693. The Balaban J connectivity index is 2.33. The smallest absolute Gasteiger partial charge is 0.251 e. The van der Waals surface area contributed by atoms with E-state index in [1.165, 1.54) is 26.6 Å². The van der Waals surface area contributed by atoms with E-state index in [0.717, 1.165) is 30.0 Å². The zero-order valence-corrected chi connectivity index (χ0v) is 15.7. The van der Waals surface area contributed by atoms with Crippen LogP contribution in [-0.2, 0) is 10.0 Å².